The molecule has 12 aromatic rings. The van der Waals surface area contributed by atoms with E-state index in [-0.39, 0.29) is 21.1 Å². The molecule has 0 amide bonds. The fourth-order valence-corrected chi connectivity index (χ4v) is 12.6. The van der Waals surface area contributed by atoms with Crippen LogP contribution in [0.25, 0.3) is 55.7 Å². The summed E-state index contributed by atoms with van der Waals surface area (Å²) in [4.78, 5) is 10.5. The first-order valence-corrected chi connectivity index (χ1v) is 26.1. The Balaban J connectivity index is 0.00000566. The summed E-state index contributed by atoms with van der Waals surface area (Å²) in [6.07, 6.45) is 3.84. The molecule has 77 heavy (non-hydrogen) atoms. The normalized spacial score (nSPS) is 13.0. The first-order chi connectivity index (χ1) is 37.7. The Bertz CT molecular complexity index is 3810. The minimum absolute atomic E-state index is 0. The van der Waals surface area contributed by atoms with Crippen LogP contribution in [0.15, 0.2) is 291 Å². The van der Waals surface area contributed by atoms with Crippen LogP contribution in [0.4, 0.5) is 0 Å². The topological polar surface area (TPSA) is 25.8 Å². The van der Waals surface area contributed by atoms with Gasteiger partial charge in [-0.2, -0.15) is 0 Å². The molecule has 2 heterocycles. The molecule has 0 fully saturated rings. The third-order valence-electron chi connectivity index (χ3n) is 15.7. The van der Waals surface area contributed by atoms with Gasteiger partial charge in [0.15, 0.2) is 0 Å². The number of pyridine rings is 2. The van der Waals surface area contributed by atoms with Crippen LogP contribution < -0.4 is 0 Å². The van der Waals surface area contributed by atoms with Gasteiger partial charge in [0.05, 0.1) is 22.2 Å². The van der Waals surface area contributed by atoms with Crippen molar-refractivity contribution in [1.29, 1.82) is 0 Å². The predicted molar refractivity (Wildman–Crippen MR) is 310 cm³/mol. The number of hydrogen-bond donors (Lipinski definition) is 0. The van der Waals surface area contributed by atoms with Crippen molar-refractivity contribution in [2.45, 2.75) is 10.8 Å². The SMILES string of the molecule is [Pt+2].[c-]1c(C(=C(c2cccc(-c3ccccc3)c2)c2cccc(-c3ccccc3)c2)c2[c-]c(C3(c4ccccn4)c4ccccc4-c4ccccc43)ccc2)cccc1C1(c2ccccn2)c2ccccc2-c2ccccc21. The summed E-state index contributed by atoms with van der Waals surface area (Å²) < 4.78 is 0. The van der Waals surface area contributed by atoms with Gasteiger partial charge in [-0.1, -0.05) is 206 Å². The molecule has 2 aliphatic rings. The van der Waals surface area contributed by atoms with Crippen molar-refractivity contribution in [2.75, 3.05) is 0 Å². The molecule has 10 aromatic carbocycles. The monoisotopic (exact) mass is 1160 g/mol. The third-order valence-corrected chi connectivity index (χ3v) is 15.7. The minimum Gasteiger partial charge on any atom is -0.260 e. The zero-order valence-corrected chi connectivity index (χ0v) is 44.2. The maximum Gasteiger partial charge on any atom is 2.00 e. The molecule has 2 aliphatic carbocycles. The van der Waals surface area contributed by atoms with Gasteiger partial charge in [-0.25, -0.2) is 0 Å². The quantitative estimate of drug-likeness (QED) is 0.101. The summed E-state index contributed by atoms with van der Waals surface area (Å²) >= 11 is 0. The fraction of sp³-hybridized carbons (Fsp3) is 0.0270. The molecule has 0 bridgehead atoms. The second-order valence-electron chi connectivity index (χ2n) is 19.7. The van der Waals surface area contributed by atoms with Crippen LogP contribution in [-0.4, -0.2) is 9.97 Å². The molecule has 14 rings (SSSR count). The molecule has 0 saturated heterocycles. The predicted octanol–water partition coefficient (Wildman–Crippen LogP) is 17.1. The van der Waals surface area contributed by atoms with E-state index in [1.54, 1.807) is 0 Å². The summed E-state index contributed by atoms with van der Waals surface area (Å²) in [5.74, 6) is 0. The first-order valence-electron chi connectivity index (χ1n) is 26.1. The van der Waals surface area contributed by atoms with Crippen molar-refractivity contribution in [1.82, 2.24) is 9.97 Å². The molecule has 2 aromatic heterocycles. The van der Waals surface area contributed by atoms with E-state index in [1.165, 1.54) is 44.5 Å². The molecule has 364 valence electrons. The smallest absolute Gasteiger partial charge is 0.260 e. The number of benzene rings is 10. The number of rotatable bonds is 10. The number of fused-ring (bicyclic) bond motifs is 6. The van der Waals surface area contributed by atoms with Crippen molar-refractivity contribution in [3.63, 3.8) is 0 Å². The Morgan fingerprint density at radius 3 is 1.00 bits per heavy atom. The molecule has 0 aliphatic heterocycles. The number of nitrogens with zero attached hydrogens (tertiary/aromatic N) is 2. The van der Waals surface area contributed by atoms with Crippen LogP contribution in [-0.2, 0) is 31.9 Å². The summed E-state index contributed by atoms with van der Waals surface area (Å²) in [5, 5.41) is 0. The van der Waals surface area contributed by atoms with E-state index in [4.69, 9.17) is 9.97 Å². The Kier molecular flexibility index (Phi) is 12.3. The maximum atomic E-state index is 5.23. The van der Waals surface area contributed by atoms with Crippen molar-refractivity contribution in [3.8, 4) is 44.5 Å². The number of aromatic nitrogens is 2. The van der Waals surface area contributed by atoms with Gasteiger partial charge in [0.1, 0.15) is 0 Å². The van der Waals surface area contributed by atoms with Gasteiger partial charge in [0.25, 0.3) is 0 Å². The minimum atomic E-state index is -0.776. The molecule has 0 spiro atoms. The van der Waals surface area contributed by atoms with Gasteiger partial charge in [-0.15, -0.1) is 76.4 Å². The van der Waals surface area contributed by atoms with Crippen molar-refractivity contribution in [3.05, 3.63) is 371 Å². The zero-order valence-electron chi connectivity index (χ0n) is 41.9. The van der Waals surface area contributed by atoms with Crippen LogP contribution in [0.5, 0.6) is 0 Å². The van der Waals surface area contributed by atoms with E-state index in [9.17, 15) is 0 Å². The average molecular weight is 1160 g/mol. The molecule has 0 radical (unpaired) electrons. The summed E-state index contributed by atoms with van der Waals surface area (Å²) in [7, 11) is 0. The molecule has 2 nitrogen and oxygen atoms in total. The van der Waals surface area contributed by atoms with Crippen molar-refractivity contribution < 1.29 is 21.1 Å². The van der Waals surface area contributed by atoms with Gasteiger partial charge >= 0.3 is 21.1 Å². The zero-order chi connectivity index (χ0) is 50.5. The Labute approximate surface area is 465 Å². The summed E-state index contributed by atoms with van der Waals surface area (Å²) in [6, 6.07) is 109. The molecule has 0 N–H and O–H groups in total. The fourth-order valence-electron chi connectivity index (χ4n) is 12.6. The molecule has 0 atom stereocenters. The molecule has 0 unspecified atom stereocenters. The van der Waals surface area contributed by atoms with Crippen LogP contribution in [0.1, 0.15) is 67.0 Å². The molecular formula is C74H48N2Pt. The van der Waals surface area contributed by atoms with E-state index in [1.807, 2.05) is 24.5 Å². The molecule has 0 saturated carbocycles. The van der Waals surface area contributed by atoms with Crippen molar-refractivity contribution >= 4 is 11.1 Å². The second-order valence-corrected chi connectivity index (χ2v) is 19.7. The Morgan fingerprint density at radius 1 is 0.286 bits per heavy atom. The van der Waals surface area contributed by atoms with Gasteiger partial charge in [-0.3, -0.25) is 9.97 Å². The van der Waals surface area contributed by atoms with E-state index in [2.05, 4.69) is 279 Å². The van der Waals surface area contributed by atoms with E-state index < -0.39 is 10.8 Å². The first kappa shape index (κ1) is 47.6. The molecular weight excluding hydrogens is 1110 g/mol. The summed E-state index contributed by atoms with van der Waals surface area (Å²) in [6.45, 7) is 0. The van der Waals surface area contributed by atoms with Gasteiger partial charge < -0.3 is 0 Å². The van der Waals surface area contributed by atoms with Crippen LogP contribution >= 0.6 is 0 Å². The molecule has 3 heteroatoms. The average Bonchev–Trinajstić information content (AvgIpc) is 4.23. The van der Waals surface area contributed by atoms with Gasteiger partial charge in [-0.05, 0) is 120 Å². The van der Waals surface area contributed by atoms with Gasteiger partial charge in [0.2, 0.25) is 0 Å². The van der Waals surface area contributed by atoms with Crippen LogP contribution in [0.3, 0.4) is 0 Å². The Morgan fingerprint density at radius 2 is 0.623 bits per heavy atom. The maximum absolute atomic E-state index is 5.23. The van der Waals surface area contributed by atoms with Crippen LogP contribution in [0, 0.1) is 12.1 Å². The van der Waals surface area contributed by atoms with E-state index in [0.29, 0.717) is 0 Å². The third kappa shape index (κ3) is 7.74. The second kappa shape index (κ2) is 19.9. The summed E-state index contributed by atoms with van der Waals surface area (Å²) in [5.41, 5.74) is 22.6. The standard InChI is InChI=1S/C74H48N2.Pt/c1-3-23-51(24-4-1)53-27-19-29-55(47-53)71(56-30-20-28-54(48-56)52-25-5-2-6-26-52)72(57-31-21-33-59(49-57)73(69-43-15-17-45-75-69)65-39-11-7-35-61(65)62-36-8-12-40-66(62)73)58-32-22-34-60(50-58)74(70-44-16-18-46-76-70)67-41-13-9-37-63(67)64-38-10-14-42-68(64)74;/h1-48H;/q-2;+2. The van der Waals surface area contributed by atoms with Crippen molar-refractivity contribution in [2.24, 2.45) is 0 Å². The largest absolute Gasteiger partial charge is 2.00 e. The Hall–Kier alpha value is -9.07. The van der Waals surface area contributed by atoms with Crippen LogP contribution in [0.2, 0.25) is 0 Å². The van der Waals surface area contributed by atoms with Gasteiger partial charge in [0, 0.05) is 12.4 Å². The van der Waals surface area contributed by atoms with E-state index >= 15 is 0 Å². The number of hydrogen-bond acceptors (Lipinski definition) is 2. The van der Waals surface area contributed by atoms with E-state index in [0.717, 1.165) is 78.2 Å².